The SMILES string of the molecule is CCC(=C(c1ccccc1)c1ccc(OCC(CNCC2CCCCC2)OC(C)=O)cc1)c1ccc2c(c1)OCO2. The maximum Gasteiger partial charge on any atom is 0.303 e. The third kappa shape index (κ3) is 7.70. The van der Waals surface area contributed by atoms with Gasteiger partial charge in [0.1, 0.15) is 18.5 Å². The van der Waals surface area contributed by atoms with Gasteiger partial charge in [0.25, 0.3) is 0 Å². The van der Waals surface area contributed by atoms with Crippen LogP contribution in [0, 0.1) is 5.92 Å². The molecule has 2 aliphatic rings. The number of nitrogens with one attached hydrogen (secondary N) is 1. The van der Waals surface area contributed by atoms with Crippen molar-refractivity contribution in [2.75, 3.05) is 26.5 Å². The molecule has 0 bridgehead atoms. The average molecular weight is 556 g/mol. The van der Waals surface area contributed by atoms with Crippen LogP contribution < -0.4 is 19.5 Å². The van der Waals surface area contributed by atoms with E-state index in [-0.39, 0.29) is 18.9 Å². The van der Waals surface area contributed by atoms with E-state index in [1.807, 2.05) is 24.3 Å². The Morgan fingerprint density at radius 1 is 0.902 bits per heavy atom. The zero-order valence-corrected chi connectivity index (χ0v) is 24.2. The van der Waals surface area contributed by atoms with Crippen LogP contribution in [0.15, 0.2) is 72.8 Å². The Bertz CT molecular complexity index is 1310. The van der Waals surface area contributed by atoms with Crippen molar-refractivity contribution >= 4 is 17.1 Å². The van der Waals surface area contributed by atoms with Gasteiger partial charge in [0.15, 0.2) is 11.5 Å². The molecule has 5 rings (SSSR count). The van der Waals surface area contributed by atoms with Crippen LogP contribution in [0.4, 0.5) is 0 Å². The second-order valence-electron chi connectivity index (χ2n) is 10.9. The molecule has 1 saturated carbocycles. The minimum atomic E-state index is -0.340. The highest BCUT2D eigenvalue weighted by Gasteiger charge is 2.19. The smallest absolute Gasteiger partial charge is 0.303 e. The van der Waals surface area contributed by atoms with Crippen molar-refractivity contribution in [3.05, 3.63) is 89.5 Å². The first-order valence-electron chi connectivity index (χ1n) is 14.9. The van der Waals surface area contributed by atoms with Gasteiger partial charge in [-0.15, -0.1) is 0 Å². The fourth-order valence-corrected chi connectivity index (χ4v) is 5.85. The number of fused-ring (bicyclic) bond motifs is 1. The van der Waals surface area contributed by atoms with Crippen molar-refractivity contribution in [2.24, 2.45) is 5.92 Å². The van der Waals surface area contributed by atoms with Gasteiger partial charge >= 0.3 is 5.97 Å². The Kier molecular flexibility index (Phi) is 9.97. The van der Waals surface area contributed by atoms with Crippen LogP contribution in [0.1, 0.15) is 69.1 Å². The number of esters is 1. The van der Waals surface area contributed by atoms with E-state index in [1.54, 1.807) is 0 Å². The van der Waals surface area contributed by atoms with Crippen LogP contribution in [0.5, 0.6) is 17.2 Å². The molecule has 0 aromatic heterocycles. The van der Waals surface area contributed by atoms with Gasteiger partial charge in [0, 0.05) is 13.5 Å². The summed E-state index contributed by atoms with van der Waals surface area (Å²) in [4.78, 5) is 11.7. The minimum absolute atomic E-state index is 0.256. The Morgan fingerprint density at radius 2 is 1.61 bits per heavy atom. The van der Waals surface area contributed by atoms with Gasteiger partial charge in [-0.2, -0.15) is 0 Å². The summed E-state index contributed by atoms with van der Waals surface area (Å²) in [5, 5.41) is 3.51. The average Bonchev–Trinajstić information content (AvgIpc) is 3.48. The molecule has 1 aliphatic carbocycles. The number of ether oxygens (including phenoxy) is 4. The molecule has 3 aromatic rings. The highest BCUT2D eigenvalue weighted by molar-refractivity contribution is 5.98. The Balaban J connectivity index is 1.31. The Labute approximate surface area is 243 Å². The summed E-state index contributed by atoms with van der Waals surface area (Å²) in [6.07, 6.45) is 7.05. The monoisotopic (exact) mass is 555 g/mol. The summed E-state index contributed by atoms with van der Waals surface area (Å²) in [7, 11) is 0. The molecule has 216 valence electrons. The van der Waals surface area contributed by atoms with Gasteiger partial charge < -0.3 is 24.3 Å². The van der Waals surface area contributed by atoms with E-state index in [2.05, 4.69) is 60.8 Å². The van der Waals surface area contributed by atoms with Crippen LogP contribution in [0.2, 0.25) is 0 Å². The maximum atomic E-state index is 11.7. The van der Waals surface area contributed by atoms with Crippen LogP contribution in [-0.2, 0) is 9.53 Å². The molecule has 3 aromatic carbocycles. The van der Waals surface area contributed by atoms with Crippen molar-refractivity contribution in [1.29, 1.82) is 0 Å². The predicted molar refractivity (Wildman–Crippen MR) is 162 cm³/mol. The summed E-state index contributed by atoms with van der Waals surface area (Å²) in [5.41, 5.74) is 5.75. The second kappa shape index (κ2) is 14.2. The molecule has 41 heavy (non-hydrogen) atoms. The highest BCUT2D eigenvalue weighted by Crippen LogP contribution is 2.39. The lowest BCUT2D eigenvalue weighted by Gasteiger charge is -2.24. The first-order valence-corrected chi connectivity index (χ1v) is 14.9. The first kappa shape index (κ1) is 28.7. The predicted octanol–water partition coefficient (Wildman–Crippen LogP) is 7.26. The fourth-order valence-electron chi connectivity index (χ4n) is 5.85. The van der Waals surface area contributed by atoms with E-state index < -0.39 is 0 Å². The molecule has 1 fully saturated rings. The van der Waals surface area contributed by atoms with Crippen molar-refractivity contribution in [3.63, 3.8) is 0 Å². The topological polar surface area (TPSA) is 66.0 Å². The summed E-state index contributed by atoms with van der Waals surface area (Å²) >= 11 is 0. The first-order chi connectivity index (χ1) is 20.1. The third-order valence-corrected chi connectivity index (χ3v) is 7.88. The number of rotatable bonds is 12. The van der Waals surface area contributed by atoms with Crippen LogP contribution in [0.25, 0.3) is 11.1 Å². The molecule has 1 aliphatic heterocycles. The van der Waals surface area contributed by atoms with Crippen LogP contribution in [0.3, 0.4) is 0 Å². The Morgan fingerprint density at radius 3 is 2.34 bits per heavy atom. The fraction of sp³-hybridized carbons (Fsp3) is 0.400. The van der Waals surface area contributed by atoms with Gasteiger partial charge in [-0.3, -0.25) is 4.79 Å². The number of carbonyl (C=O) groups excluding carboxylic acids is 1. The molecule has 1 N–H and O–H groups in total. The van der Waals surface area contributed by atoms with Crippen molar-refractivity contribution in [3.8, 4) is 17.2 Å². The lowest BCUT2D eigenvalue weighted by molar-refractivity contribution is -0.147. The number of hydrogen-bond donors (Lipinski definition) is 1. The number of carbonyl (C=O) groups is 1. The van der Waals surface area contributed by atoms with Crippen LogP contribution in [-0.4, -0.2) is 38.6 Å². The molecule has 1 atom stereocenters. The van der Waals surface area contributed by atoms with Gasteiger partial charge in [0.2, 0.25) is 6.79 Å². The lowest BCUT2D eigenvalue weighted by atomic mass is 9.88. The molecule has 0 amide bonds. The van der Waals surface area contributed by atoms with Crippen molar-refractivity contribution in [1.82, 2.24) is 5.32 Å². The van der Waals surface area contributed by atoms with E-state index in [0.717, 1.165) is 46.9 Å². The van der Waals surface area contributed by atoms with Gasteiger partial charge in [-0.05, 0) is 83.8 Å². The standard InChI is InChI=1S/C35H41NO5/c1-3-32(29-16-19-33-34(20-29)40-24-39-33)35(27-12-8-5-9-13-27)28-14-17-30(18-15-28)38-23-31(41-25(2)37)22-36-21-26-10-6-4-7-11-26/h5,8-9,12-20,26,31,36H,3-4,6-7,10-11,21-24H2,1-2H3. The lowest BCUT2D eigenvalue weighted by Crippen LogP contribution is -2.37. The molecule has 0 saturated heterocycles. The van der Waals surface area contributed by atoms with E-state index in [9.17, 15) is 4.79 Å². The largest absolute Gasteiger partial charge is 0.490 e. The second-order valence-corrected chi connectivity index (χ2v) is 10.9. The molecular formula is C35H41NO5. The zero-order valence-electron chi connectivity index (χ0n) is 24.2. The van der Waals surface area contributed by atoms with E-state index in [4.69, 9.17) is 18.9 Å². The number of benzene rings is 3. The molecule has 6 heteroatoms. The minimum Gasteiger partial charge on any atom is -0.490 e. The van der Waals surface area contributed by atoms with Gasteiger partial charge in [-0.1, -0.05) is 74.7 Å². The summed E-state index contributed by atoms with van der Waals surface area (Å²) in [5.74, 6) is 2.73. The van der Waals surface area contributed by atoms with Crippen molar-refractivity contribution in [2.45, 2.75) is 58.5 Å². The summed E-state index contributed by atoms with van der Waals surface area (Å²) in [6, 6.07) is 24.8. The van der Waals surface area contributed by atoms with E-state index >= 15 is 0 Å². The van der Waals surface area contributed by atoms with E-state index in [1.165, 1.54) is 50.2 Å². The highest BCUT2D eigenvalue weighted by atomic mass is 16.7. The molecule has 0 spiro atoms. The van der Waals surface area contributed by atoms with Gasteiger partial charge in [-0.25, -0.2) is 0 Å². The van der Waals surface area contributed by atoms with E-state index in [0.29, 0.717) is 19.1 Å². The molecule has 6 nitrogen and oxygen atoms in total. The normalized spacial score (nSPS) is 16.1. The quantitative estimate of drug-likeness (QED) is 0.187. The molecule has 1 heterocycles. The van der Waals surface area contributed by atoms with Crippen molar-refractivity contribution < 1.29 is 23.7 Å². The summed E-state index contributed by atoms with van der Waals surface area (Å²) in [6.45, 7) is 5.74. The number of hydrogen-bond acceptors (Lipinski definition) is 6. The molecular weight excluding hydrogens is 514 g/mol. The van der Waals surface area contributed by atoms with Crippen LogP contribution >= 0.6 is 0 Å². The molecule has 0 radical (unpaired) electrons. The maximum absolute atomic E-state index is 11.7. The van der Waals surface area contributed by atoms with Gasteiger partial charge in [0.05, 0.1) is 0 Å². The number of allylic oxidation sites excluding steroid dienone is 1. The molecule has 1 unspecified atom stereocenters. The Hall–Kier alpha value is -3.77. The zero-order chi connectivity index (χ0) is 28.4. The summed E-state index contributed by atoms with van der Waals surface area (Å²) < 4.78 is 22.9. The third-order valence-electron chi connectivity index (χ3n) is 7.88.